The average molecular weight is 897 g/mol. The third kappa shape index (κ3) is 10.6. The van der Waals surface area contributed by atoms with E-state index in [1.807, 2.05) is 32.9 Å². The van der Waals surface area contributed by atoms with E-state index < -0.39 is 30.5 Å². The van der Waals surface area contributed by atoms with Gasteiger partial charge in [0, 0.05) is 61.5 Å². The van der Waals surface area contributed by atoms with Gasteiger partial charge >= 0.3 is 5.97 Å². The molecule has 7 rings (SSSR count). The predicted molar refractivity (Wildman–Crippen MR) is 240 cm³/mol. The first-order valence-electron chi connectivity index (χ1n) is 23.3. The normalized spacial score (nSPS) is 34.4. The molecule has 1 saturated carbocycles. The van der Waals surface area contributed by atoms with E-state index in [-0.39, 0.29) is 90.8 Å². The fourth-order valence-electron chi connectivity index (χ4n) is 11.0. The van der Waals surface area contributed by atoms with Gasteiger partial charge in [-0.15, -0.1) is 11.3 Å². The van der Waals surface area contributed by atoms with Gasteiger partial charge in [-0.25, -0.2) is 4.98 Å². The van der Waals surface area contributed by atoms with Gasteiger partial charge in [-0.05, 0) is 128 Å². The molecule has 1 aromatic heterocycles. The minimum absolute atomic E-state index is 0.00427. The van der Waals surface area contributed by atoms with E-state index in [4.69, 9.17) is 42.9 Å². The van der Waals surface area contributed by atoms with Gasteiger partial charge in [0.1, 0.15) is 23.0 Å². The molecule has 0 bridgehead atoms. The van der Waals surface area contributed by atoms with Crippen molar-refractivity contribution in [1.29, 1.82) is 0 Å². The number of esters is 1. The van der Waals surface area contributed by atoms with Crippen molar-refractivity contribution in [2.75, 3.05) is 42.0 Å². The Hall–Kier alpha value is -2.79. The van der Waals surface area contributed by atoms with Crippen molar-refractivity contribution in [3.63, 3.8) is 0 Å². The number of carbonyl (C=O) groups excluding carboxylic acids is 2. The zero-order valence-corrected chi connectivity index (χ0v) is 39.8. The fourth-order valence-corrected chi connectivity index (χ4v) is 12.3. The molecule has 13 nitrogen and oxygen atoms in total. The highest BCUT2D eigenvalue weighted by molar-refractivity contribution is 7.15. The molecule has 350 valence electrons. The number of phenolic OH excluding ortho intramolecular Hbond substituents is 1. The summed E-state index contributed by atoms with van der Waals surface area (Å²) in [5.74, 6) is -1.06. The van der Waals surface area contributed by atoms with Crippen molar-refractivity contribution >= 4 is 23.1 Å². The van der Waals surface area contributed by atoms with Gasteiger partial charge in [0.15, 0.2) is 18.4 Å². The number of ether oxygens (including phenoxy) is 8. The second-order valence-corrected chi connectivity index (χ2v) is 19.9. The van der Waals surface area contributed by atoms with Crippen LogP contribution in [0.1, 0.15) is 115 Å². The first-order chi connectivity index (χ1) is 30.2. The number of carbonyl (C=O) groups is 2. The van der Waals surface area contributed by atoms with Crippen molar-refractivity contribution in [3.8, 4) is 16.3 Å². The van der Waals surface area contributed by atoms with Crippen LogP contribution in [0.2, 0.25) is 0 Å². The molecule has 3 aliphatic carbocycles. The molecule has 3 fully saturated rings. The van der Waals surface area contributed by atoms with E-state index in [0.717, 1.165) is 46.8 Å². The lowest BCUT2D eigenvalue weighted by Gasteiger charge is -2.40. The smallest absolute Gasteiger partial charge is 0.306 e. The van der Waals surface area contributed by atoms with Gasteiger partial charge in [0.2, 0.25) is 0 Å². The largest absolute Gasteiger partial charge is 0.508 e. The molecule has 16 atom stereocenters. The molecule has 2 saturated heterocycles. The summed E-state index contributed by atoms with van der Waals surface area (Å²) >= 11 is 1.67. The molecule has 2 aromatic rings. The number of likely N-dealkylation sites (N-methyl/N-ethyl adjacent to an activating group) is 1. The van der Waals surface area contributed by atoms with Crippen molar-refractivity contribution in [1.82, 2.24) is 9.88 Å². The second-order valence-electron chi connectivity index (χ2n) is 18.9. The summed E-state index contributed by atoms with van der Waals surface area (Å²) in [6.45, 7) is 10.4. The van der Waals surface area contributed by atoms with Crippen LogP contribution in [-0.4, -0.2) is 130 Å². The summed E-state index contributed by atoms with van der Waals surface area (Å²) < 4.78 is 50.0. The molecule has 5 aliphatic rings. The summed E-state index contributed by atoms with van der Waals surface area (Å²) in [5.41, 5.74) is 2.52. The Balaban J connectivity index is 1.25. The molecule has 0 radical (unpaired) electrons. The number of allylic oxidation sites excluding steroid dienone is 2. The number of aromatic nitrogens is 1. The number of nitrogens with zero attached hydrogens (tertiary/aromatic N) is 2. The van der Waals surface area contributed by atoms with Crippen molar-refractivity contribution < 1.29 is 52.6 Å². The van der Waals surface area contributed by atoms with E-state index in [2.05, 4.69) is 38.9 Å². The van der Waals surface area contributed by atoms with Gasteiger partial charge in [-0.2, -0.15) is 0 Å². The summed E-state index contributed by atoms with van der Waals surface area (Å²) in [4.78, 5) is 38.1. The molecular formula is C49H72N2O11S. The third-order valence-electron chi connectivity index (χ3n) is 14.8. The number of methoxy groups -OCH3 is 3. The molecule has 1 aromatic carbocycles. The minimum atomic E-state index is -0.723. The number of benzene rings is 1. The van der Waals surface area contributed by atoms with E-state index in [1.54, 1.807) is 44.8 Å². The van der Waals surface area contributed by atoms with Crippen LogP contribution in [0.15, 0.2) is 35.9 Å². The van der Waals surface area contributed by atoms with Crippen LogP contribution in [-0.2, 0) is 47.5 Å². The number of cyclic esters (lactones) is 1. The highest BCUT2D eigenvalue weighted by Crippen LogP contribution is 2.63. The SMILES string of the molecule is CC[C@H]1CCC[C@H](O[C@H]2CC[C@H](N(C)C)C(C)O2)[C@@H](C)C(=O)C2=C[C@H]3[C@@H]4C[C@H](OC(OC(C)[C@@H](C)OC)[C@H](COC)OC)C[C@H]4c4sc(-c5ccc(O)cc5)nc4[C@H]3[C@@H]2CC(=O)O1. The maximum atomic E-state index is 15.2. The Labute approximate surface area is 378 Å². The Morgan fingerprint density at radius 1 is 0.968 bits per heavy atom. The number of Topliss-reactive ketones (excluding diaryl/α,β-unsaturated/α-hetero) is 1. The summed E-state index contributed by atoms with van der Waals surface area (Å²) in [7, 11) is 9.10. The Morgan fingerprint density at radius 3 is 2.40 bits per heavy atom. The first kappa shape index (κ1) is 48.2. The molecule has 0 amide bonds. The van der Waals surface area contributed by atoms with Gasteiger partial charge in [0.25, 0.3) is 0 Å². The zero-order valence-electron chi connectivity index (χ0n) is 39.0. The Kier molecular flexibility index (Phi) is 16.2. The number of aromatic hydroxyl groups is 1. The number of hydrogen-bond donors (Lipinski definition) is 1. The van der Waals surface area contributed by atoms with Crippen LogP contribution in [0.25, 0.3) is 10.6 Å². The molecule has 3 unspecified atom stereocenters. The second kappa shape index (κ2) is 21.2. The van der Waals surface area contributed by atoms with Gasteiger partial charge in [0.05, 0.1) is 49.2 Å². The Bertz CT molecular complexity index is 1870. The average Bonchev–Trinajstić information content (AvgIpc) is 3.99. The van der Waals surface area contributed by atoms with Crippen LogP contribution in [0.3, 0.4) is 0 Å². The topological polar surface area (TPSA) is 144 Å². The van der Waals surface area contributed by atoms with Crippen LogP contribution in [0.4, 0.5) is 0 Å². The maximum absolute atomic E-state index is 15.2. The number of fused-ring (bicyclic) bond motifs is 8. The van der Waals surface area contributed by atoms with E-state index in [9.17, 15) is 9.90 Å². The van der Waals surface area contributed by atoms with Crippen LogP contribution >= 0.6 is 11.3 Å². The summed E-state index contributed by atoms with van der Waals surface area (Å²) in [5, 5.41) is 11.0. The lowest BCUT2D eigenvalue weighted by atomic mass is 9.67. The molecular weight excluding hydrogens is 825 g/mol. The Morgan fingerprint density at radius 2 is 1.73 bits per heavy atom. The molecule has 14 heteroatoms. The summed E-state index contributed by atoms with van der Waals surface area (Å²) in [6.07, 6.45) is 5.40. The standard InChI is InChI=1S/C49H72N2O11S/c1-11-32-13-12-14-40(62-43-20-19-39(51(6)7)29(5)58-43)26(2)46(54)37-23-35-34-21-33(61-49(41(57-10)25-55-8)59-28(4)27(3)56-9)22-38(34)47-45(44(35)36(37)24-42(53)60-32)50-48(63-47)30-15-17-31(52)18-16-30/h15-18,23,26-29,32-36,38-41,43-44,49,52H,11-14,19-22,24-25H2,1-10H3/t26-,27-,28?,29?,32+,33+,34+,35+,36-,38-,39+,40+,41+,43+,44-,49?/m1/s1. The van der Waals surface area contributed by atoms with E-state index in [0.29, 0.717) is 37.3 Å². The monoisotopic (exact) mass is 896 g/mol. The number of ketones is 1. The quantitative estimate of drug-likeness (QED) is 0.136. The van der Waals surface area contributed by atoms with Crippen molar-refractivity contribution in [2.45, 2.75) is 166 Å². The number of phenols is 1. The van der Waals surface area contributed by atoms with Crippen LogP contribution in [0, 0.1) is 23.7 Å². The van der Waals surface area contributed by atoms with Crippen molar-refractivity contribution in [2.24, 2.45) is 23.7 Å². The van der Waals surface area contributed by atoms with Crippen LogP contribution < -0.4 is 0 Å². The first-order valence-corrected chi connectivity index (χ1v) is 24.1. The molecule has 2 aliphatic heterocycles. The number of rotatable bonds is 15. The van der Waals surface area contributed by atoms with Gasteiger partial charge in [-0.1, -0.05) is 19.9 Å². The van der Waals surface area contributed by atoms with E-state index in [1.165, 1.54) is 0 Å². The highest BCUT2D eigenvalue weighted by Gasteiger charge is 2.56. The van der Waals surface area contributed by atoms with Crippen molar-refractivity contribution in [3.05, 3.63) is 46.5 Å². The molecule has 1 N–H and O–H groups in total. The fraction of sp³-hybridized carbons (Fsp3) is 0.735. The summed E-state index contributed by atoms with van der Waals surface area (Å²) in [6, 6.07) is 7.44. The number of hydrogen-bond acceptors (Lipinski definition) is 14. The van der Waals surface area contributed by atoms with Crippen LogP contribution in [0.5, 0.6) is 5.75 Å². The zero-order chi connectivity index (χ0) is 45.1. The number of thiazole rings is 1. The molecule has 0 spiro atoms. The minimum Gasteiger partial charge on any atom is -0.508 e. The predicted octanol–water partition coefficient (Wildman–Crippen LogP) is 8.03. The molecule has 3 heterocycles. The van der Waals surface area contributed by atoms with Gasteiger partial charge in [-0.3, -0.25) is 9.59 Å². The molecule has 63 heavy (non-hydrogen) atoms. The maximum Gasteiger partial charge on any atom is 0.306 e. The lowest BCUT2D eigenvalue weighted by molar-refractivity contribution is -0.255. The third-order valence-corrected chi connectivity index (χ3v) is 16.0. The lowest BCUT2D eigenvalue weighted by Crippen LogP contribution is -2.47. The van der Waals surface area contributed by atoms with E-state index >= 15 is 4.79 Å². The van der Waals surface area contributed by atoms with Gasteiger partial charge < -0.3 is 47.9 Å². The highest BCUT2D eigenvalue weighted by atomic mass is 32.1.